The number of aliphatic hydroxyl groups excluding tert-OH is 1. The van der Waals surface area contributed by atoms with Gasteiger partial charge in [0.1, 0.15) is 29.0 Å². The van der Waals surface area contributed by atoms with Gasteiger partial charge in [0.15, 0.2) is 11.6 Å². The van der Waals surface area contributed by atoms with Gasteiger partial charge in [0.2, 0.25) is 0 Å². The maximum atomic E-state index is 17.5. The number of likely N-dealkylation sites (tertiary alicyclic amines) is 1. The molecule has 11 nitrogen and oxygen atoms in total. The molecule has 0 radical (unpaired) electrons. The van der Waals surface area contributed by atoms with Crippen molar-refractivity contribution < 1.29 is 32.1 Å². The molecular weight excluding hydrogens is 701 g/mol. The Labute approximate surface area is 300 Å². The second-order valence-corrected chi connectivity index (χ2v) is 16.2. The van der Waals surface area contributed by atoms with E-state index in [1.807, 2.05) is 6.07 Å². The number of alkyl halides is 2. The number of nitrogens with zero attached hydrogens (tertiary/aromatic N) is 7. The zero-order chi connectivity index (χ0) is 36.1. The summed E-state index contributed by atoms with van der Waals surface area (Å²) in [7, 11) is 0. The molecule has 16 heteroatoms. The van der Waals surface area contributed by atoms with Crippen LogP contribution in [0.2, 0.25) is 0 Å². The number of β-amino-alcohol motifs (C(OH)–C–C–N with tert-alkyl or cyclic N) is 1. The molecule has 3 aromatic heterocycles. The van der Waals surface area contributed by atoms with Crippen LogP contribution in [0.1, 0.15) is 55.7 Å². The molecule has 3 unspecified atom stereocenters. The summed E-state index contributed by atoms with van der Waals surface area (Å²) in [5, 5.41) is 20.9. The monoisotopic (exact) mass is 738 g/mol. The van der Waals surface area contributed by atoms with Crippen molar-refractivity contribution in [2.45, 2.75) is 75.8 Å². The summed E-state index contributed by atoms with van der Waals surface area (Å²) < 4.78 is 74.3. The minimum absolute atomic E-state index is 0.000656. The maximum absolute atomic E-state index is 17.5. The predicted octanol–water partition coefficient (Wildman–Crippen LogP) is 5.20. The molecule has 1 aromatic carbocycles. The van der Waals surface area contributed by atoms with Crippen LogP contribution >= 0.6 is 11.3 Å². The first-order valence-electron chi connectivity index (χ1n) is 17.8. The van der Waals surface area contributed by atoms with Gasteiger partial charge in [0, 0.05) is 43.0 Å². The predicted molar refractivity (Wildman–Crippen MR) is 186 cm³/mol. The number of pyridine rings is 1. The Morgan fingerprint density at radius 3 is 2.83 bits per heavy atom. The summed E-state index contributed by atoms with van der Waals surface area (Å²) in [5.41, 5.74) is 6.46. The van der Waals surface area contributed by atoms with Crippen molar-refractivity contribution in [3.63, 3.8) is 0 Å². The van der Waals surface area contributed by atoms with Crippen LogP contribution < -0.4 is 15.4 Å². The zero-order valence-corrected chi connectivity index (χ0v) is 29.4. The molecular formula is C36H38F4N8O3S. The Kier molecular flexibility index (Phi) is 8.05. The molecule has 4 aromatic rings. The number of hydrogen-bond acceptors (Lipinski definition) is 12. The Bertz CT molecular complexity index is 2160. The number of halogens is 4. The highest BCUT2D eigenvalue weighted by Crippen LogP contribution is 2.49. The van der Waals surface area contributed by atoms with Crippen molar-refractivity contribution in [3.05, 3.63) is 34.5 Å². The van der Waals surface area contributed by atoms with E-state index in [9.17, 15) is 19.1 Å². The molecule has 4 saturated heterocycles. The first kappa shape index (κ1) is 33.9. The van der Waals surface area contributed by atoms with Gasteiger partial charge in [-0.1, -0.05) is 0 Å². The second-order valence-electron chi connectivity index (χ2n) is 15.2. The number of rotatable bonds is 7. The number of nitrogen functional groups attached to an aromatic ring is 1. The number of aromatic nitrogens is 3. The lowest BCUT2D eigenvalue weighted by molar-refractivity contribution is 0.00803. The Morgan fingerprint density at radius 1 is 1.19 bits per heavy atom. The van der Waals surface area contributed by atoms with Crippen LogP contribution in [0.3, 0.4) is 0 Å². The second kappa shape index (κ2) is 12.3. The van der Waals surface area contributed by atoms with Gasteiger partial charge in [-0.25, -0.2) is 17.6 Å². The Morgan fingerprint density at radius 2 is 2.02 bits per heavy atom. The molecule has 0 amide bonds. The van der Waals surface area contributed by atoms with Crippen LogP contribution in [0, 0.1) is 28.9 Å². The average Bonchev–Trinajstić information content (AvgIpc) is 3.89. The van der Waals surface area contributed by atoms with Gasteiger partial charge >= 0.3 is 6.01 Å². The highest BCUT2D eigenvalue weighted by molar-refractivity contribution is 7.23. The van der Waals surface area contributed by atoms with Crippen LogP contribution in [0.4, 0.5) is 28.4 Å². The molecule has 5 aliphatic rings. The van der Waals surface area contributed by atoms with E-state index in [1.54, 1.807) is 11.8 Å². The lowest BCUT2D eigenvalue weighted by Gasteiger charge is -2.34. The summed E-state index contributed by atoms with van der Waals surface area (Å²) in [4.78, 5) is 20.1. The lowest BCUT2D eigenvalue weighted by atomic mass is 9.93. The minimum atomic E-state index is -2.84. The van der Waals surface area contributed by atoms with Crippen molar-refractivity contribution in [1.29, 1.82) is 5.26 Å². The summed E-state index contributed by atoms with van der Waals surface area (Å²) in [6, 6.07) is 1.91. The number of nitriles is 1. The van der Waals surface area contributed by atoms with E-state index < -0.39 is 29.2 Å². The number of hydrogen-bond donors (Lipinski definition) is 2. The Balaban J connectivity index is 1.23. The fourth-order valence-corrected chi connectivity index (χ4v) is 10.4. The average molecular weight is 739 g/mol. The van der Waals surface area contributed by atoms with E-state index in [0.717, 1.165) is 43.3 Å². The zero-order valence-electron chi connectivity index (χ0n) is 28.6. The summed E-state index contributed by atoms with van der Waals surface area (Å²) in [6.45, 7) is 4.79. The van der Waals surface area contributed by atoms with E-state index in [2.05, 4.69) is 19.8 Å². The van der Waals surface area contributed by atoms with Crippen molar-refractivity contribution >= 4 is 43.1 Å². The molecule has 0 spiro atoms. The van der Waals surface area contributed by atoms with Gasteiger partial charge in [-0.15, -0.1) is 11.3 Å². The molecule has 9 rings (SSSR count). The molecule has 8 heterocycles. The SMILES string of the molecule is C[C@@H](O)CN1CCC2CC(C1)N(c1nc(OCC34CCCN3CC(F)(F)C4)nc3c(F)c(-c4ncc(F)c5sc(N)c(C#N)c45)c4c(c13)COC4)C2. The fraction of sp³-hybridized carbons (Fsp3) is 0.556. The van der Waals surface area contributed by atoms with Crippen LogP contribution in [0.5, 0.6) is 6.01 Å². The van der Waals surface area contributed by atoms with E-state index in [1.165, 1.54) is 0 Å². The summed E-state index contributed by atoms with van der Waals surface area (Å²) in [6.07, 6.45) is 3.28. The molecule has 4 atom stereocenters. The highest BCUT2D eigenvalue weighted by Gasteiger charge is 2.57. The van der Waals surface area contributed by atoms with E-state index in [0.29, 0.717) is 60.8 Å². The largest absolute Gasteiger partial charge is 0.461 e. The van der Waals surface area contributed by atoms with Crippen LogP contribution in [-0.2, 0) is 18.0 Å². The molecule has 4 fully saturated rings. The number of aliphatic hydroxyl groups is 1. The number of benzene rings is 1. The van der Waals surface area contributed by atoms with Crippen molar-refractivity contribution in [3.8, 4) is 23.3 Å². The molecule has 3 N–H and O–H groups in total. The van der Waals surface area contributed by atoms with Crippen LogP contribution in [0.25, 0.3) is 32.2 Å². The third kappa shape index (κ3) is 5.38. The third-order valence-corrected chi connectivity index (χ3v) is 12.7. The first-order valence-corrected chi connectivity index (χ1v) is 18.6. The fourth-order valence-electron chi connectivity index (χ4n) is 9.52. The summed E-state index contributed by atoms with van der Waals surface area (Å²) in [5.74, 6) is -3.46. The van der Waals surface area contributed by atoms with Gasteiger partial charge in [0.25, 0.3) is 5.92 Å². The van der Waals surface area contributed by atoms with Gasteiger partial charge < -0.3 is 25.2 Å². The molecule has 52 heavy (non-hydrogen) atoms. The topological polar surface area (TPSA) is 137 Å². The van der Waals surface area contributed by atoms with Gasteiger partial charge in [-0.3, -0.25) is 14.8 Å². The Hall–Kier alpha value is -3.88. The minimum Gasteiger partial charge on any atom is -0.461 e. The van der Waals surface area contributed by atoms with E-state index >= 15 is 8.78 Å². The van der Waals surface area contributed by atoms with E-state index in [4.69, 9.17) is 20.2 Å². The third-order valence-electron chi connectivity index (χ3n) is 11.6. The molecule has 0 aliphatic carbocycles. The number of anilines is 2. The van der Waals surface area contributed by atoms with Crippen molar-refractivity contribution in [2.75, 3.05) is 56.5 Å². The molecule has 2 bridgehead atoms. The van der Waals surface area contributed by atoms with Gasteiger partial charge in [0.05, 0.1) is 58.9 Å². The standard InChI is InChI=1S/C36H38F4N8O3S/c1-18(49)10-46-6-3-19-7-20(12-46)48(11-19)33-27-23-14-50-13-22(23)25(29-26-21(8-41)32(42)52-31(26)24(37)9-43-29)28(38)30(27)44-34(45-33)51-17-35-4-2-5-47(35)16-36(39,40)15-35/h9,18-20,49H,2-7,10-17,42H2,1H3/t18-,19?,20?,35?/m1/s1. The van der Waals surface area contributed by atoms with Crippen molar-refractivity contribution in [2.24, 2.45) is 5.92 Å². The number of fused-ring (bicyclic) bond motifs is 7. The molecule has 5 aliphatic heterocycles. The quantitative estimate of drug-likeness (QED) is 0.242. The van der Waals surface area contributed by atoms with Crippen LogP contribution in [0.15, 0.2) is 6.20 Å². The first-order chi connectivity index (χ1) is 24.9. The summed E-state index contributed by atoms with van der Waals surface area (Å²) >= 11 is 0.900. The van der Waals surface area contributed by atoms with Gasteiger partial charge in [-0.05, 0) is 62.7 Å². The maximum Gasteiger partial charge on any atom is 0.319 e. The lowest BCUT2D eigenvalue weighted by Crippen LogP contribution is -2.44. The normalized spacial score (nSPS) is 26.2. The number of thiophene rings is 1. The molecule has 274 valence electrons. The molecule has 0 saturated carbocycles. The van der Waals surface area contributed by atoms with Crippen molar-refractivity contribution in [1.82, 2.24) is 24.8 Å². The number of ether oxygens (including phenoxy) is 2. The van der Waals surface area contributed by atoms with Crippen LogP contribution in [-0.4, -0.2) is 99.3 Å². The number of nitrogens with two attached hydrogens (primary N) is 1. The van der Waals surface area contributed by atoms with E-state index in [-0.39, 0.29) is 82.3 Å². The van der Waals surface area contributed by atoms with Gasteiger partial charge in [-0.2, -0.15) is 15.2 Å². The smallest absolute Gasteiger partial charge is 0.319 e. The highest BCUT2D eigenvalue weighted by atomic mass is 32.1.